The third kappa shape index (κ3) is 3.13. The van der Waals surface area contributed by atoms with Crippen LogP contribution in [0.3, 0.4) is 0 Å². The number of anilines is 1. The molecule has 33 heavy (non-hydrogen) atoms. The number of hydrogen-bond donors (Lipinski definition) is 1. The second-order valence-corrected chi connectivity index (χ2v) is 7.99. The maximum Gasteiger partial charge on any atom is 0.209 e. The van der Waals surface area contributed by atoms with Crippen molar-refractivity contribution in [3.05, 3.63) is 114 Å². The normalized spacial score (nSPS) is 15.4. The Hall–Kier alpha value is -4.52. The summed E-state index contributed by atoms with van der Waals surface area (Å²) in [6.45, 7) is 1.94. The number of benzene rings is 3. The second kappa shape index (κ2) is 7.56. The Morgan fingerprint density at radius 1 is 0.939 bits per heavy atom. The summed E-state index contributed by atoms with van der Waals surface area (Å²) in [4.78, 5) is 22.6. The van der Waals surface area contributed by atoms with Crippen LogP contribution < -0.4 is 5.32 Å². The van der Waals surface area contributed by atoms with Gasteiger partial charge in [-0.25, -0.2) is 14.6 Å². The van der Waals surface area contributed by atoms with Crippen LogP contribution in [0.5, 0.6) is 0 Å². The Kier molecular flexibility index (Phi) is 4.40. The predicted octanol–water partition coefficient (Wildman–Crippen LogP) is 4.79. The monoisotopic (exact) mass is 432 g/mol. The van der Waals surface area contributed by atoms with Crippen molar-refractivity contribution < 1.29 is 4.79 Å². The minimum absolute atomic E-state index is 0.00520. The smallest absolute Gasteiger partial charge is 0.209 e. The van der Waals surface area contributed by atoms with E-state index in [1.54, 1.807) is 11.0 Å². The van der Waals surface area contributed by atoms with Crippen molar-refractivity contribution in [1.29, 1.82) is 0 Å². The summed E-state index contributed by atoms with van der Waals surface area (Å²) >= 11 is 0. The van der Waals surface area contributed by atoms with Gasteiger partial charge in [0.2, 0.25) is 5.95 Å². The van der Waals surface area contributed by atoms with Gasteiger partial charge in [0, 0.05) is 16.8 Å². The molecule has 0 radical (unpaired) electrons. The zero-order chi connectivity index (χ0) is 22.4. The number of nitrogens with one attached hydrogen (secondary N) is 1. The van der Waals surface area contributed by atoms with E-state index in [9.17, 15) is 4.79 Å². The number of carbonyl (C=O) groups is 1. The number of para-hydroxylation sites is 2. The molecular weight excluding hydrogens is 412 g/mol. The molecule has 1 N–H and O–H groups in total. The number of ketones is 1. The Balaban J connectivity index is 1.55. The van der Waals surface area contributed by atoms with E-state index in [2.05, 4.69) is 20.0 Å². The van der Waals surface area contributed by atoms with Crippen LogP contribution in [0.15, 0.2) is 103 Å². The van der Waals surface area contributed by atoms with Crippen LogP contribution in [0.2, 0.25) is 0 Å². The van der Waals surface area contributed by atoms with Gasteiger partial charge in [-0.15, -0.1) is 0 Å². The van der Waals surface area contributed by atoms with Crippen LogP contribution in [0.25, 0.3) is 16.7 Å². The van der Waals surface area contributed by atoms with Crippen molar-refractivity contribution >= 4 is 22.8 Å². The number of nitrogens with zero attached hydrogens (tertiary/aromatic N) is 5. The van der Waals surface area contributed by atoms with Crippen LogP contribution in [0, 0.1) is 0 Å². The van der Waals surface area contributed by atoms with Gasteiger partial charge < -0.3 is 5.32 Å². The zero-order valence-corrected chi connectivity index (χ0v) is 17.9. The van der Waals surface area contributed by atoms with E-state index in [4.69, 9.17) is 4.98 Å². The number of allylic oxidation sites excluding steroid dienone is 2. The molecule has 0 saturated heterocycles. The largest absolute Gasteiger partial charge is 0.329 e. The molecule has 0 saturated carbocycles. The average molecular weight is 432 g/mol. The molecule has 0 amide bonds. The molecule has 160 valence electrons. The first-order valence-electron chi connectivity index (χ1n) is 10.7. The molecule has 7 heteroatoms. The molecule has 1 aliphatic heterocycles. The van der Waals surface area contributed by atoms with Gasteiger partial charge >= 0.3 is 0 Å². The lowest BCUT2D eigenvalue weighted by Crippen LogP contribution is -2.28. The van der Waals surface area contributed by atoms with Crippen LogP contribution >= 0.6 is 0 Å². The van der Waals surface area contributed by atoms with Gasteiger partial charge in [0.05, 0.1) is 22.8 Å². The van der Waals surface area contributed by atoms with E-state index in [-0.39, 0.29) is 11.8 Å². The van der Waals surface area contributed by atoms with Crippen molar-refractivity contribution in [3.8, 4) is 5.69 Å². The van der Waals surface area contributed by atoms with E-state index in [0.717, 1.165) is 33.9 Å². The molecule has 7 nitrogen and oxygen atoms in total. The highest BCUT2D eigenvalue weighted by molar-refractivity contribution is 6.11. The SMILES string of the molecule is CC1=C(C(=O)c2ccccc2)C(c2ccc(-n3cncn3)cc2)n2c(nc3ccccc32)N1. The topological polar surface area (TPSA) is 77.6 Å². The number of fused-ring (bicyclic) bond motifs is 3. The summed E-state index contributed by atoms with van der Waals surface area (Å²) in [5.41, 5.74) is 5.90. The maximum atomic E-state index is 13.8. The van der Waals surface area contributed by atoms with Crippen molar-refractivity contribution in [3.63, 3.8) is 0 Å². The minimum atomic E-state index is -0.328. The summed E-state index contributed by atoms with van der Waals surface area (Å²) in [5.74, 6) is 0.720. The fraction of sp³-hybridized carbons (Fsp3) is 0.0769. The van der Waals surface area contributed by atoms with E-state index in [1.165, 1.54) is 6.33 Å². The van der Waals surface area contributed by atoms with Gasteiger partial charge in [-0.05, 0) is 36.8 Å². The molecule has 3 aromatic carbocycles. The molecule has 1 atom stereocenters. The van der Waals surface area contributed by atoms with Crippen molar-refractivity contribution in [2.45, 2.75) is 13.0 Å². The summed E-state index contributed by atoms with van der Waals surface area (Å²) in [6.07, 6.45) is 3.17. The zero-order valence-electron chi connectivity index (χ0n) is 17.9. The Labute approximate surface area is 190 Å². The molecule has 0 fully saturated rings. The van der Waals surface area contributed by atoms with E-state index < -0.39 is 0 Å². The molecule has 0 aliphatic carbocycles. The maximum absolute atomic E-state index is 13.8. The van der Waals surface area contributed by atoms with Gasteiger partial charge in [-0.3, -0.25) is 9.36 Å². The van der Waals surface area contributed by atoms with Crippen LogP contribution in [0.1, 0.15) is 28.9 Å². The molecule has 2 aromatic heterocycles. The van der Waals surface area contributed by atoms with E-state index in [1.807, 2.05) is 85.8 Å². The highest BCUT2D eigenvalue weighted by atomic mass is 16.1. The number of hydrogen-bond acceptors (Lipinski definition) is 5. The molecule has 1 unspecified atom stereocenters. The molecular formula is C26H20N6O. The molecule has 6 rings (SSSR count). The lowest BCUT2D eigenvalue weighted by atomic mass is 9.89. The van der Waals surface area contributed by atoms with Crippen molar-refractivity contribution in [1.82, 2.24) is 24.3 Å². The molecule has 5 aromatic rings. The Morgan fingerprint density at radius 3 is 2.45 bits per heavy atom. The van der Waals surface area contributed by atoms with Gasteiger partial charge in [0.25, 0.3) is 0 Å². The quantitative estimate of drug-likeness (QED) is 0.413. The first-order valence-corrected chi connectivity index (χ1v) is 10.7. The van der Waals surface area contributed by atoms with Gasteiger partial charge in [-0.1, -0.05) is 54.6 Å². The standard InChI is InChI=1S/C26H20N6O/c1-17-23(25(33)19-7-3-2-4-8-19)24(18-11-13-20(14-12-18)31-16-27-15-28-31)32-22-10-6-5-9-21(22)30-26(32)29-17/h2-16,24H,1H3,(H,29,30). The van der Waals surface area contributed by atoms with Crippen molar-refractivity contribution in [2.75, 3.05) is 5.32 Å². The van der Waals surface area contributed by atoms with E-state index in [0.29, 0.717) is 11.1 Å². The summed E-state index contributed by atoms with van der Waals surface area (Å²) in [7, 11) is 0. The predicted molar refractivity (Wildman–Crippen MR) is 126 cm³/mol. The van der Waals surface area contributed by atoms with Crippen LogP contribution in [-0.4, -0.2) is 30.1 Å². The average Bonchev–Trinajstić information content (AvgIpc) is 3.52. The fourth-order valence-corrected chi connectivity index (χ4v) is 4.47. The molecule has 3 heterocycles. The summed E-state index contributed by atoms with van der Waals surface area (Å²) in [5, 5.41) is 7.58. The summed E-state index contributed by atoms with van der Waals surface area (Å²) in [6, 6.07) is 25.1. The van der Waals surface area contributed by atoms with Gasteiger partial charge in [-0.2, -0.15) is 5.10 Å². The summed E-state index contributed by atoms with van der Waals surface area (Å²) < 4.78 is 3.82. The number of Topliss-reactive ketones (excluding diaryl/α,β-unsaturated/α-hetero) is 1. The molecule has 0 spiro atoms. The minimum Gasteiger partial charge on any atom is -0.329 e. The number of carbonyl (C=O) groups excluding carboxylic acids is 1. The number of imidazole rings is 1. The molecule has 0 bridgehead atoms. The van der Waals surface area contributed by atoms with Crippen LogP contribution in [-0.2, 0) is 0 Å². The lowest BCUT2D eigenvalue weighted by Gasteiger charge is -2.31. The Bertz CT molecular complexity index is 1500. The van der Waals surface area contributed by atoms with Crippen LogP contribution in [0.4, 0.5) is 5.95 Å². The Morgan fingerprint density at radius 2 is 1.70 bits per heavy atom. The van der Waals surface area contributed by atoms with Gasteiger partial charge in [0.15, 0.2) is 5.78 Å². The fourth-order valence-electron chi connectivity index (χ4n) is 4.47. The first-order chi connectivity index (χ1) is 16.2. The third-order valence-electron chi connectivity index (χ3n) is 6.00. The highest BCUT2D eigenvalue weighted by Crippen LogP contribution is 2.40. The molecule has 1 aliphatic rings. The number of rotatable bonds is 4. The third-order valence-corrected chi connectivity index (χ3v) is 6.00. The van der Waals surface area contributed by atoms with E-state index >= 15 is 0 Å². The van der Waals surface area contributed by atoms with Crippen molar-refractivity contribution in [2.24, 2.45) is 0 Å². The second-order valence-electron chi connectivity index (χ2n) is 7.99. The van der Waals surface area contributed by atoms with Gasteiger partial charge in [0.1, 0.15) is 12.7 Å². The number of aromatic nitrogens is 5. The lowest BCUT2D eigenvalue weighted by molar-refractivity contribution is 0.102. The first kappa shape index (κ1) is 19.2. The highest BCUT2D eigenvalue weighted by Gasteiger charge is 2.34.